The summed E-state index contributed by atoms with van der Waals surface area (Å²) in [4.78, 5) is 11.3. The van der Waals surface area contributed by atoms with E-state index in [0.717, 1.165) is 16.7 Å². The molecule has 21 heavy (non-hydrogen) atoms. The molecule has 108 valence electrons. The van der Waals surface area contributed by atoms with Crippen LogP contribution in [-0.4, -0.2) is 16.6 Å². The van der Waals surface area contributed by atoms with Crippen molar-refractivity contribution < 1.29 is 9.90 Å². The molecular weight excluding hydrogens is 262 g/mol. The molecule has 3 heteroatoms. The van der Waals surface area contributed by atoms with E-state index in [1.54, 1.807) is 0 Å². The Labute approximate surface area is 124 Å². The summed E-state index contributed by atoms with van der Waals surface area (Å²) in [5.74, 6) is -0.924. The van der Waals surface area contributed by atoms with E-state index >= 15 is 0 Å². The number of aliphatic carboxylic acids is 1. The summed E-state index contributed by atoms with van der Waals surface area (Å²) in [6.07, 6.45) is 0.807. The topological polar surface area (TPSA) is 63.3 Å². The molecule has 1 aliphatic carbocycles. The van der Waals surface area contributed by atoms with Crippen LogP contribution in [0.4, 0.5) is 0 Å². The Balaban J connectivity index is 2.06. The maximum atomic E-state index is 11.3. The molecule has 1 aliphatic rings. The summed E-state index contributed by atoms with van der Waals surface area (Å²) in [6, 6.07) is 12.4. The summed E-state index contributed by atoms with van der Waals surface area (Å²) < 4.78 is 0. The first-order chi connectivity index (χ1) is 9.90. The molecular formula is C18H19NO2. The number of carboxylic acids is 1. The van der Waals surface area contributed by atoms with Crippen LogP contribution in [0.15, 0.2) is 36.4 Å². The molecule has 0 fully saturated rings. The highest BCUT2D eigenvalue weighted by Crippen LogP contribution is 2.34. The minimum atomic E-state index is -1.15. The van der Waals surface area contributed by atoms with Gasteiger partial charge in [-0.25, -0.2) is 0 Å². The minimum absolute atomic E-state index is 0.399. The van der Waals surface area contributed by atoms with E-state index in [9.17, 15) is 9.90 Å². The van der Waals surface area contributed by atoms with Gasteiger partial charge in [0, 0.05) is 12.8 Å². The number of carboxylic acid groups (broad SMARTS) is 1. The van der Waals surface area contributed by atoms with Crippen molar-refractivity contribution in [2.45, 2.75) is 32.2 Å². The van der Waals surface area contributed by atoms with Crippen molar-refractivity contribution in [1.82, 2.24) is 0 Å². The lowest BCUT2D eigenvalue weighted by Crippen LogP contribution is -2.48. The van der Waals surface area contributed by atoms with Crippen LogP contribution in [-0.2, 0) is 17.6 Å². The summed E-state index contributed by atoms with van der Waals surface area (Å²) in [6.45, 7) is 4.19. The van der Waals surface area contributed by atoms with Crippen molar-refractivity contribution in [1.29, 1.82) is 0 Å². The Hall–Kier alpha value is -2.13. The number of fused-ring (bicyclic) bond motifs is 1. The van der Waals surface area contributed by atoms with Gasteiger partial charge < -0.3 is 10.8 Å². The monoisotopic (exact) mass is 281 g/mol. The second kappa shape index (κ2) is 4.71. The molecule has 0 heterocycles. The van der Waals surface area contributed by atoms with Gasteiger partial charge >= 0.3 is 5.97 Å². The second-order valence-corrected chi connectivity index (χ2v) is 6.07. The van der Waals surface area contributed by atoms with Crippen molar-refractivity contribution in [2.75, 3.05) is 0 Å². The van der Waals surface area contributed by atoms with Crippen LogP contribution in [0.3, 0.4) is 0 Å². The third kappa shape index (κ3) is 2.24. The molecule has 0 aromatic heterocycles. The lowest BCUT2D eigenvalue weighted by atomic mass is 9.93. The van der Waals surface area contributed by atoms with Gasteiger partial charge in [0.1, 0.15) is 5.54 Å². The van der Waals surface area contributed by atoms with Crippen LogP contribution in [0.25, 0.3) is 11.1 Å². The fourth-order valence-electron chi connectivity index (χ4n) is 3.28. The number of aryl methyl sites for hydroxylation is 2. The van der Waals surface area contributed by atoms with Gasteiger partial charge in [0.15, 0.2) is 0 Å². The lowest BCUT2D eigenvalue weighted by molar-refractivity contribution is -0.142. The molecule has 1 unspecified atom stereocenters. The molecule has 0 radical (unpaired) electrons. The minimum Gasteiger partial charge on any atom is -0.480 e. The Kier molecular flexibility index (Phi) is 3.10. The molecule has 0 spiro atoms. The molecule has 0 amide bonds. The second-order valence-electron chi connectivity index (χ2n) is 6.07. The zero-order chi connectivity index (χ0) is 15.2. The van der Waals surface area contributed by atoms with Crippen LogP contribution < -0.4 is 5.73 Å². The standard InChI is InChI=1S/C18H19NO2/c1-11-4-3-5-12(2)16(11)13-6-7-14-9-18(19,17(20)21)10-15(14)8-13/h3-8H,9-10,19H2,1-2H3,(H,20,21). The third-order valence-corrected chi connectivity index (χ3v) is 4.41. The van der Waals surface area contributed by atoms with Crippen molar-refractivity contribution in [2.24, 2.45) is 5.73 Å². The number of hydrogen-bond donors (Lipinski definition) is 2. The third-order valence-electron chi connectivity index (χ3n) is 4.41. The van der Waals surface area contributed by atoms with Crippen molar-refractivity contribution in [3.8, 4) is 11.1 Å². The highest BCUT2D eigenvalue weighted by molar-refractivity contribution is 5.82. The van der Waals surface area contributed by atoms with Crippen LogP contribution in [0.5, 0.6) is 0 Å². The van der Waals surface area contributed by atoms with Crippen LogP contribution in [0, 0.1) is 13.8 Å². The summed E-state index contributed by atoms with van der Waals surface area (Å²) >= 11 is 0. The molecule has 3 nitrogen and oxygen atoms in total. The van der Waals surface area contributed by atoms with Gasteiger partial charge in [-0.3, -0.25) is 4.79 Å². The zero-order valence-corrected chi connectivity index (χ0v) is 12.3. The maximum absolute atomic E-state index is 11.3. The summed E-state index contributed by atoms with van der Waals surface area (Å²) in [5.41, 5.74) is 11.8. The number of hydrogen-bond acceptors (Lipinski definition) is 2. The van der Waals surface area contributed by atoms with E-state index in [4.69, 9.17) is 5.73 Å². The van der Waals surface area contributed by atoms with E-state index in [-0.39, 0.29) is 0 Å². The van der Waals surface area contributed by atoms with Crippen molar-refractivity contribution >= 4 is 5.97 Å². The van der Waals surface area contributed by atoms with Gasteiger partial charge in [-0.2, -0.15) is 0 Å². The molecule has 0 saturated carbocycles. The van der Waals surface area contributed by atoms with Gasteiger partial charge in [0.05, 0.1) is 0 Å². The van der Waals surface area contributed by atoms with Gasteiger partial charge in [-0.15, -0.1) is 0 Å². The first kappa shape index (κ1) is 13.8. The van der Waals surface area contributed by atoms with Gasteiger partial charge in [0.2, 0.25) is 0 Å². The maximum Gasteiger partial charge on any atom is 0.324 e. The Morgan fingerprint density at radius 1 is 1.10 bits per heavy atom. The smallest absolute Gasteiger partial charge is 0.324 e. The van der Waals surface area contributed by atoms with Crippen LogP contribution >= 0.6 is 0 Å². The molecule has 0 aliphatic heterocycles. The van der Waals surface area contributed by atoms with Gasteiger partial charge in [-0.05, 0) is 47.2 Å². The molecule has 2 aromatic carbocycles. The SMILES string of the molecule is Cc1cccc(C)c1-c1ccc2c(c1)CC(N)(C(=O)O)C2. The number of nitrogens with two attached hydrogens (primary N) is 1. The fraction of sp³-hybridized carbons (Fsp3) is 0.278. The van der Waals surface area contributed by atoms with Crippen molar-refractivity contribution in [3.05, 3.63) is 58.7 Å². The van der Waals surface area contributed by atoms with Gasteiger partial charge in [-0.1, -0.05) is 36.4 Å². The molecule has 1 atom stereocenters. The number of rotatable bonds is 2. The molecule has 3 rings (SSSR count). The molecule has 2 aromatic rings. The van der Waals surface area contributed by atoms with Gasteiger partial charge in [0.25, 0.3) is 0 Å². The zero-order valence-electron chi connectivity index (χ0n) is 12.3. The summed E-state index contributed by atoms with van der Waals surface area (Å²) in [5, 5.41) is 9.29. The number of benzene rings is 2. The quantitative estimate of drug-likeness (QED) is 0.889. The molecule has 0 saturated heterocycles. The normalized spacial score (nSPS) is 20.3. The number of carbonyl (C=O) groups is 1. The predicted octanol–water partition coefficient (Wildman–Crippen LogP) is 2.85. The van der Waals surface area contributed by atoms with E-state index in [2.05, 4.69) is 44.2 Å². The average Bonchev–Trinajstić information content (AvgIpc) is 2.75. The first-order valence-corrected chi connectivity index (χ1v) is 7.11. The van der Waals surface area contributed by atoms with E-state index in [1.165, 1.54) is 16.7 Å². The predicted molar refractivity (Wildman–Crippen MR) is 83.3 cm³/mol. The van der Waals surface area contributed by atoms with E-state index in [1.807, 2.05) is 6.07 Å². The fourth-order valence-corrected chi connectivity index (χ4v) is 3.28. The van der Waals surface area contributed by atoms with Crippen LogP contribution in [0.2, 0.25) is 0 Å². The highest BCUT2D eigenvalue weighted by Gasteiger charge is 2.40. The highest BCUT2D eigenvalue weighted by atomic mass is 16.4. The molecule has 3 N–H and O–H groups in total. The Morgan fingerprint density at radius 3 is 2.33 bits per heavy atom. The molecule has 0 bridgehead atoms. The lowest BCUT2D eigenvalue weighted by Gasteiger charge is -2.16. The first-order valence-electron chi connectivity index (χ1n) is 7.11. The Bertz CT molecular complexity index is 716. The average molecular weight is 281 g/mol. The Morgan fingerprint density at radius 2 is 1.71 bits per heavy atom. The van der Waals surface area contributed by atoms with Crippen molar-refractivity contribution in [3.63, 3.8) is 0 Å². The van der Waals surface area contributed by atoms with E-state index in [0.29, 0.717) is 12.8 Å². The largest absolute Gasteiger partial charge is 0.480 e. The summed E-state index contributed by atoms with van der Waals surface area (Å²) in [7, 11) is 0. The van der Waals surface area contributed by atoms with Crippen LogP contribution in [0.1, 0.15) is 22.3 Å². The van der Waals surface area contributed by atoms with E-state index < -0.39 is 11.5 Å².